The van der Waals surface area contributed by atoms with Gasteiger partial charge in [0.1, 0.15) is 4.90 Å². The van der Waals surface area contributed by atoms with Gasteiger partial charge in [0, 0.05) is 13.2 Å². The quantitative estimate of drug-likeness (QED) is 0.696. The SMILES string of the molecule is CC(CCO)CNS(=O)(=O)c1ccc(Cl)c(N)c1Cl. The van der Waals surface area contributed by atoms with Gasteiger partial charge in [0.2, 0.25) is 10.0 Å². The third-order valence-corrected chi connectivity index (χ3v) is 4.94. The molecule has 108 valence electrons. The number of anilines is 1. The molecule has 0 heterocycles. The van der Waals surface area contributed by atoms with Gasteiger partial charge in [-0.25, -0.2) is 13.1 Å². The van der Waals surface area contributed by atoms with Crippen LogP contribution in [0.4, 0.5) is 5.69 Å². The van der Waals surface area contributed by atoms with E-state index in [2.05, 4.69) is 4.72 Å². The highest BCUT2D eigenvalue weighted by Gasteiger charge is 2.21. The first-order valence-electron chi connectivity index (χ1n) is 5.63. The second-order valence-electron chi connectivity index (χ2n) is 4.24. The summed E-state index contributed by atoms with van der Waals surface area (Å²) in [5.74, 6) is 0.0168. The average Bonchev–Trinajstić information content (AvgIpc) is 2.34. The molecule has 1 aromatic carbocycles. The van der Waals surface area contributed by atoms with Crippen LogP contribution in [-0.4, -0.2) is 26.7 Å². The van der Waals surface area contributed by atoms with Crippen LogP contribution in [0, 0.1) is 5.92 Å². The highest BCUT2D eigenvalue weighted by molar-refractivity contribution is 7.89. The molecule has 1 atom stereocenters. The topological polar surface area (TPSA) is 92.4 Å². The standard InChI is InChI=1S/C11H16Cl2N2O3S/c1-7(4-5-16)6-15-19(17,18)9-3-2-8(12)11(14)10(9)13/h2-3,7,15-16H,4-6,14H2,1H3. The fourth-order valence-corrected chi connectivity index (χ4v) is 3.34. The Hall–Kier alpha value is -0.530. The Kier molecular flexibility index (Phi) is 5.88. The lowest BCUT2D eigenvalue weighted by atomic mass is 10.1. The predicted octanol–water partition coefficient (Wildman–Crippen LogP) is 1.87. The lowest BCUT2D eigenvalue weighted by Gasteiger charge is -2.13. The summed E-state index contributed by atoms with van der Waals surface area (Å²) >= 11 is 11.6. The Labute approximate surface area is 122 Å². The molecular weight excluding hydrogens is 311 g/mol. The molecule has 1 aromatic rings. The molecular formula is C11H16Cl2N2O3S. The Balaban J connectivity index is 2.92. The fourth-order valence-electron chi connectivity index (χ4n) is 1.41. The van der Waals surface area contributed by atoms with Crippen LogP contribution in [0.15, 0.2) is 17.0 Å². The summed E-state index contributed by atoms with van der Waals surface area (Å²) < 4.78 is 26.6. The van der Waals surface area contributed by atoms with Gasteiger partial charge in [-0.15, -0.1) is 0 Å². The van der Waals surface area contributed by atoms with Crippen LogP contribution in [0.1, 0.15) is 13.3 Å². The maximum Gasteiger partial charge on any atom is 0.242 e. The van der Waals surface area contributed by atoms with Gasteiger partial charge in [0.25, 0.3) is 0 Å². The van der Waals surface area contributed by atoms with Crippen LogP contribution in [0.3, 0.4) is 0 Å². The number of sulfonamides is 1. The van der Waals surface area contributed by atoms with E-state index in [1.165, 1.54) is 12.1 Å². The molecule has 19 heavy (non-hydrogen) atoms. The van der Waals surface area contributed by atoms with Crippen LogP contribution in [-0.2, 0) is 10.0 Å². The van der Waals surface area contributed by atoms with E-state index in [1.54, 1.807) is 0 Å². The molecule has 0 aliphatic rings. The van der Waals surface area contributed by atoms with Crippen molar-refractivity contribution >= 4 is 38.9 Å². The van der Waals surface area contributed by atoms with Crippen molar-refractivity contribution in [2.45, 2.75) is 18.2 Å². The van der Waals surface area contributed by atoms with Crippen molar-refractivity contribution in [2.75, 3.05) is 18.9 Å². The summed E-state index contributed by atoms with van der Waals surface area (Å²) in [7, 11) is -3.75. The minimum atomic E-state index is -3.75. The van der Waals surface area contributed by atoms with E-state index in [0.717, 1.165) is 0 Å². The molecule has 0 aromatic heterocycles. The average molecular weight is 327 g/mol. The summed E-state index contributed by atoms with van der Waals surface area (Å²) in [6.45, 7) is 2.05. The summed E-state index contributed by atoms with van der Waals surface area (Å²) in [5.41, 5.74) is 5.63. The van der Waals surface area contributed by atoms with E-state index in [4.69, 9.17) is 34.0 Å². The third kappa shape index (κ3) is 4.22. The summed E-state index contributed by atoms with van der Waals surface area (Å²) in [5, 5.41) is 8.88. The third-order valence-electron chi connectivity index (χ3n) is 2.62. The van der Waals surface area contributed by atoms with Crippen LogP contribution in [0.25, 0.3) is 0 Å². The molecule has 0 saturated heterocycles. The number of nitrogens with one attached hydrogen (secondary N) is 1. The van der Waals surface area contributed by atoms with Gasteiger partial charge in [0.05, 0.1) is 15.7 Å². The number of hydrogen-bond acceptors (Lipinski definition) is 4. The smallest absolute Gasteiger partial charge is 0.242 e. The lowest BCUT2D eigenvalue weighted by Crippen LogP contribution is -2.29. The Bertz CT molecular complexity index is 549. The van der Waals surface area contributed by atoms with Crippen molar-refractivity contribution in [1.82, 2.24) is 4.72 Å². The normalized spacial score (nSPS) is 13.5. The van der Waals surface area contributed by atoms with E-state index in [9.17, 15) is 8.42 Å². The second kappa shape index (κ2) is 6.76. The van der Waals surface area contributed by atoms with Crippen molar-refractivity contribution < 1.29 is 13.5 Å². The summed E-state index contributed by atoms with van der Waals surface area (Å²) in [6, 6.07) is 2.69. The predicted molar refractivity (Wildman–Crippen MR) is 76.9 cm³/mol. The van der Waals surface area contributed by atoms with Gasteiger partial charge in [-0.1, -0.05) is 30.1 Å². The van der Waals surface area contributed by atoms with Crippen LogP contribution < -0.4 is 10.5 Å². The van der Waals surface area contributed by atoms with E-state index in [-0.39, 0.29) is 39.7 Å². The first-order chi connectivity index (χ1) is 8.79. The molecule has 5 nitrogen and oxygen atoms in total. The zero-order chi connectivity index (χ0) is 14.6. The number of halogens is 2. The molecule has 1 rings (SSSR count). The Morgan fingerprint density at radius 2 is 2.05 bits per heavy atom. The van der Waals surface area contributed by atoms with Crippen molar-refractivity contribution in [1.29, 1.82) is 0 Å². The first-order valence-corrected chi connectivity index (χ1v) is 7.87. The van der Waals surface area contributed by atoms with Gasteiger partial charge in [-0.3, -0.25) is 0 Å². The van der Waals surface area contributed by atoms with Gasteiger partial charge >= 0.3 is 0 Å². The largest absolute Gasteiger partial charge is 0.396 e. The van der Waals surface area contributed by atoms with Gasteiger partial charge in [-0.2, -0.15) is 0 Å². The van der Waals surface area contributed by atoms with E-state index in [0.29, 0.717) is 6.42 Å². The molecule has 8 heteroatoms. The maximum atomic E-state index is 12.1. The van der Waals surface area contributed by atoms with Crippen LogP contribution in [0.2, 0.25) is 10.0 Å². The van der Waals surface area contributed by atoms with E-state index in [1.807, 2.05) is 6.92 Å². The minimum absolute atomic E-state index is 0.0115. The molecule has 0 aliphatic carbocycles. The number of aliphatic hydroxyl groups excluding tert-OH is 1. The van der Waals surface area contributed by atoms with Gasteiger partial charge in [-0.05, 0) is 24.5 Å². The summed E-state index contributed by atoms with van der Waals surface area (Å²) in [4.78, 5) is -0.104. The first kappa shape index (κ1) is 16.5. The van der Waals surface area contributed by atoms with Crippen LogP contribution in [0.5, 0.6) is 0 Å². The molecule has 0 spiro atoms. The summed E-state index contributed by atoms with van der Waals surface area (Å²) in [6.07, 6.45) is 0.513. The zero-order valence-corrected chi connectivity index (χ0v) is 12.7. The molecule has 4 N–H and O–H groups in total. The number of nitrogens with two attached hydrogens (primary N) is 1. The van der Waals surface area contributed by atoms with Crippen molar-refractivity contribution in [3.05, 3.63) is 22.2 Å². The van der Waals surface area contributed by atoms with Gasteiger partial charge < -0.3 is 10.8 Å². The number of rotatable bonds is 6. The molecule has 0 fully saturated rings. The second-order valence-corrected chi connectivity index (χ2v) is 6.76. The van der Waals surface area contributed by atoms with Gasteiger partial charge in [0.15, 0.2) is 0 Å². The fraction of sp³-hybridized carbons (Fsp3) is 0.455. The molecule has 0 bridgehead atoms. The van der Waals surface area contributed by atoms with Crippen molar-refractivity contribution in [2.24, 2.45) is 5.92 Å². The van der Waals surface area contributed by atoms with Crippen molar-refractivity contribution in [3.8, 4) is 0 Å². The molecule has 0 amide bonds. The molecule has 0 aliphatic heterocycles. The number of aliphatic hydroxyl groups is 1. The number of hydrogen-bond donors (Lipinski definition) is 3. The number of benzene rings is 1. The lowest BCUT2D eigenvalue weighted by molar-refractivity contribution is 0.263. The monoisotopic (exact) mass is 326 g/mol. The Morgan fingerprint density at radius 1 is 1.42 bits per heavy atom. The maximum absolute atomic E-state index is 12.1. The van der Waals surface area contributed by atoms with E-state index < -0.39 is 10.0 Å². The highest BCUT2D eigenvalue weighted by atomic mass is 35.5. The molecule has 1 unspecified atom stereocenters. The molecule has 0 radical (unpaired) electrons. The zero-order valence-electron chi connectivity index (χ0n) is 10.4. The molecule has 0 saturated carbocycles. The van der Waals surface area contributed by atoms with Crippen LogP contribution >= 0.6 is 23.2 Å². The van der Waals surface area contributed by atoms with Crippen molar-refractivity contribution in [3.63, 3.8) is 0 Å². The number of nitrogen functional groups attached to an aromatic ring is 1. The van der Waals surface area contributed by atoms with E-state index >= 15 is 0 Å². The minimum Gasteiger partial charge on any atom is -0.396 e. The Morgan fingerprint density at radius 3 is 2.63 bits per heavy atom. The highest BCUT2D eigenvalue weighted by Crippen LogP contribution is 2.32.